The first kappa shape index (κ1) is 14.5. The van der Waals surface area contributed by atoms with Crippen molar-refractivity contribution in [3.8, 4) is 0 Å². The zero-order valence-electron chi connectivity index (χ0n) is 13.3. The van der Waals surface area contributed by atoms with E-state index in [9.17, 15) is 0 Å². The molecule has 0 aliphatic carbocycles. The molecule has 1 aromatic carbocycles. The van der Waals surface area contributed by atoms with E-state index in [0.717, 1.165) is 41.0 Å². The largest absolute Gasteiger partial charge is 0.356 e. The topological polar surface area (TPSA) is 33.4 Å². The van der Waals surface area contributed by atoms with Crippen molar-refractivity contribution >= 4 is 23.1 Å². The van der Waals surface area contributed by atoms with Crippen LogP contribution >= 0.6 is 11.6 Å². The van der Waals surface area contributed by atoms with Gasteiger partial charge in [-0.2, -0.15) is 9.61 Å². The van der Waals surface area contributed by atoms with E-state index in [1.807, 2.05) is 23.6 Å². The zero-order valence-corrected chi connectivity index (χ0v) is 14.1. The predicted molar refractivity (Wildman–Crippen MR) is 93.5 cm³/mol. The molecule has 4 nitrogen and oxygen atoms in total. The summed E-state index contributed by atoms with van der Waals surface area (Å²) < 4.78 is 1.98. The van der Waals surface area contributed by atoms with Crippen molar-refractivity contribution in [2.45, 2.75) is 26.2 Å². The van der Waals surface area contributed by atoms with Crippen LogP contribution in [0.1, 0.15) is 36.2 Å². The van der Waals surface area contributed by atoms with Crippen LogP contribution in [0, 0.1) is 6.92 Å². The lowest BCUT2D eigenvalue weighted by molar-refractivity contribution is 0.598. The Morgan fingerprint density at radius 1 is 1.13 bits per heavy atom. The molecule has 0 saturated carbocycles. The first-order chi connectivity index (χ1) is 11.1. The second-order valence-electron chi connectivity index (χ2n) is 6.21. The van der Waals surface area contributed by atoms with Gasteiger partial charge in [0.15, 0.2) is 5.65 Å². The molecule has 0 N–H and O–H groups in total. The van der Waals surface area contributed by atoms with Crippen molar-refractivity contribution in [2.75, 3.05) is 18.0 Å². The van der Waals surface area contributed by atoms with Crippen LogP contribution in [0.5, 0.6) is 0 Å². The van der Waals surface area contributed by atoms with E-state index in [2.05, 4.69) is 41.1 Å². The van der Waals surface area contributed by atoms with Gasteiger partial charge in [-0.05, 0) is 31.0 Å². The van der Waals surface area contributed by atoms with Crippen LogP contribution in [0.3, 0.4) is 0 Å². The van der Waals surface area contributed by atoms with Gasteiger partial charge in [-0.1, -0.05) is 30.7 Å². The predicted octanol–water partition coefficient (Wildman–Crippen LogP) is 4.05. The lowest BCUT2D eigenvalue weighted by Gasteiger charge is -2.33. The molecule has 1 aliphatic rings. The highest BCUT2D eigenvalue weighted by molar-refractivity contribution is 6.30. The maximum atomic E-state index is 5.99. The molecular formula is C18H19ClN4. The SMILES string of the molecule is Cc1cc(N2CCC2)n2nc(C(C)c3ccc(Cl)cc3)cc2n1. The summed E-state index contributed by atoms with van der Waals surface area (Å²) in [6, 6.07) is 12.2. The molecule has 0 amide bonds. The first-order valence-corrected chi connectivity index (χ1v) is 8.37. The summed E-state index contributed by atoms with van der Waals surface area (Å²) in [7, 11) is 0. The Balaban J connectivity index is 1.77. The van der Waals surface area contributed by atoms with Crippen molar-refractivity contribution in [1.82, 2.24) is 14.6 Å². The molecule has 3 heterocycles. The maximum absolute atomic E-state index is 5.99. The van der Waals surface area contributed by atoms with E-state index in [1.54, 1.807) is 0 Å². The first-order valence-electron chi connectivity index (χ1n) is 7.99. The van der Waals surface area contributed by atoms with Gasteiger partial charge in [0, 0.05) is 41.9 Å². The van der Waals surface area contributed by atoms with Gasteiger partial charge in [0.05, 0.1) is 5.69 Å². The molecule has 0 radical (unpaired) electrons. The summed E-state index contributed by atoms with van der Waals surface area (Å²) in [5.41, 5.74) is 4.19. The second kappa shape index (κ2) is 5.53. The molecule has 1 fully saturated rings. The fourth-order valence-electron chi connectivity index (χ4n) is 3.00. The highest BCUT2D eigenvalue weighted by Crippen LogP contribution is 2.28. The molecule has 0 spiro atoms. The average Bonchev–Trinajstić information content (AvgIpc) is 2.89. The zero-order chi connectivity index (χ0) is 16.0. The standard InChI is InChI=1S/C18H19ClN4/c1-12-10-18(22-8-3-9-22)23-17(20-12)11-16(21-23)13(2)14-4-6-15(19)7-5-14/h4-7,10-11,13H,3,8-9H2,1-2H3. The summed E-state index contributed by atoms with van der Waals surface area (Å²) in [4.78, 5) is 6.99. The number of aromatic nitrogens is 3. The lowest BCUT2D eigenvalue weighted by Crippen LogP contribution is -2.38. The summed E-state index contributed by atoms with van der Waals surface area (Å²) >= 11 is 5.99. The molecule has 1 unspecified atom stereocenters. The van der Waals surface area contributed by atoms with Gasteiger partial charge < -0.3 is 4.90 Å². The Labute approximate surface area is 140 Å². The molecule has 4 rings (SSSR count). The number of aryl methyl sites for hydroxylation is 1. The molecule has 5 heteroatoms. The van der Waals surface area contributed by atoms with Crippen LogP contribution in [0.4, 0.5) is 5.82 Å². The van der Waals surface area contributed by atoms with Crippen molar-refractivity contribution in [1.29, 1.82) is 0 Å². The number of hydrogen-bond donors (Lipinski definition) is 0. The van der Waals surface area contributed by atoms with Crippen LogP contribution < -0.4 is 4.90 Å². The van der Waals surface area contributed by atoms with E-state index in [4.69, 9.17) is 16.7 Å². The van der Waals surface area contributed by atoms with Crippen LogP contribution in [-0.4, -0.2) is 27.7 Å². The van der Waals surface area contributed by atoms with Crippen molar-refractivity contribution in [3.05, 3.63) is 58.4 Å². The Morgan fingerprint density at radius 3 is 2.52 bits per heavy atom. The molecule has 2 aromatic heterocycles. The van der Waals surface area contributed by atoms with Gasteiger partial charge in [0.1, 0.15) is 5.82 Å². The van der Waals surface area contributed by atoms with Crippen LogP contribution in [0.15, 0.2) is 36.4 Å². The summed E-state index contributed by atoms with van der Waals surface area (Å²) in [5.74, 6) is 1.35. The Hall–Kier alpha value is -2.07. The number of anilines is 1. The number of hydrogen-bond acceptors (Lipinski definition) is 3. The Kier molecular flexibility index (Phi) is 3.49. The average molecular weight is 327 g/mol. The molecule has 3 aromatic rings. The molecule has 1 saturated heterocycles. The van der Waals surface area contributed by atoms with E-state index in [0.29, 0.717) is 0 Å². The monoisotopic (exact) mass is 326 g/mol. The highest BCUT2D eigenvalue weighted by atomic mass is 35.5. The molecular weight excluding hydrogens is 308 g/mol. The van der Waals surface area contributed by atoms with Crippen molar-refractivity contribution in [2.24, 2.45) is 0 Å². The van der Waals surface area contributed by atoms with E-state index < -0.39 is 0 Å². The number of fused-ring (bicyclic) bond motifs is 1. The smallest absolute Gasteiger partial charge is 0.157 e. The Morgan fingerprint density at radius 2 is 1.87 bits per heavy atom. The molecule has 1 atom stereocenters. The summed E-state index contributed by atoms with van der Waals surface area (Å²) in [6.07, 6.45) is 1.25. The summed E-state index contributed by atoms with van der Waals surface area (Å²) in [5, 5.41) is 5.59. The van der Waals surface area contributed by atoms with Crippen molar-refractivity contribution in [3.63, 3.8) is 0 Å². The fraction of sp³-hybridized carbons (Fsp3) is 0.333. The van der Waals surface area contributed by atoms with Crippen LogP contribution in [0.25, 0.3) is 5.65 Å². The number of nitrogens with zero attached hydrogens (tertiary/aromatic N) is 4. The molecule has 0 bridgehead atoms. The minimum absolute atomic E-state index is 0.207. The highest BCUT2D eigenvalue weighted by Gasteiger charge is 2.21. The van der Waals surface area contributed by atoms with Gasteiger partial charge in [0.2, 0.25) is 0 Å². The van der Waals surface area contributed by atoms with Gasteiger partial charge in [-0.15, -0.1) is 0 Å². The normalized spacial score (nSPS) is 15.7. The maximum Gasteiger partial charge on any atom is 0.157 e. The minimum Gasteiger partial charge on any atom is -0.356 e. The van der Waals surface area contributed by atoms with Crippen LogP contribution in [-0.2, 0) is 0 Å². The molecule has 1 aliphatic heterocycles. The van der Waals surface area contributed by atoms with E-state index >= 15 is 0 Å². The lowest BCUT2D eigenvalue weighted by atomic mass is 9.98. The van der Waals surface area contributed by atoms with Gasteiger partial charge in [0.25, 0.3) is 0 Å². The third kappa shape index (κ3) is 2.57. The van der Waals surface area contributed by atoms with Gasteiger partial charge in [-0.3, -0.25) is 0 Å². The number of halogens is 1. The minimum atomic E-state index is 0.207. The van der Waals surface area contributed by atoms with E-state index in [-0.39, 0.29) is 5.92 Å². The van der Waals surface area contributed by atoms with Gasteiger partial charge in [-0.25, -0.2) is 4.98 Å². The molecule has 118 valence electrons. The quantitative estimate of drug-likeness (QED) is 0.728. The second-order valence-corrected chi connectivity index (χ2v) is 6.65. The molecule has 23 heavy (non-hydrogen) atoms. The number of benzene rings is 1. The van der Waals surface area contributed by atoms with Crippen LogP contribution in [0.2, 0.25) is 5.02 Å². The number of rotatable bonds is 3. The summed E-state index contributed by atoms with van der Waals surface area (Å²) in [6.45, 7) is 6.40. The third-order valence-electron chi connectivity index (χ3n) is 4.55. The third-order valence-corrected chi connectivity index (χ3v) is 4.80. The van der Waals surface area contributed by atoms with Gasteiger partial charge >= 0.3 is 0 Å². The fourth-order valence-corrected chi connectivity index (χ4v) is 3.13. The van der Waals surface area contributed by atoms with Crippen molar-refractivity contribution < 1.29 is 0 Å². The van der Waals surface area contributed by atoms with E-state index in [1.165, 1.54) is 12.0 Å². The Bertz CT molecular complexity index is 849.